The first kappa shape index (κ1) is 19.6. The van der Waals surface area contributed by atoms with E-state index in [1.165, 1.54) is 24.3 Å². The average molecular weight is 377 g/mol. The van der Waals surface area contributed by atoms with E-state index in [9.17, 15) is 17.6 Å². The van der Waals surface area contributed by atoms with Gasteiger partial charge in [0.1, 0.15) is 12.4 Å². The number of anilines is 1. The normalized spacial score (nSPS) is 11.9. The predicted octanol–water partition coefficient (Wildman–Crippen LogP) is 2.44. The number of nitrogens with one attached hydrogen (secondary N) is 1. The summed E-state index contributed by atoms with van der Waals surface area (Å²) in [6.07, 6.45) is 1.03. The molecule has 0 bridgehead atoms. The van der Waals surface area contributed by atoms with Crippen LogP contribution in [0.2, 0.25) is 0 Å². The third-order valence-electron chi connectivity index (χ3n) is 3.62. The molecule has 2 aromatic rings. The Balaban J connectivity index is 2.11. The van der Waals surface area contributed by atoms with Crippen molar-refractivity contribution >= 4 is 27.3 Å². The molecule has 2 aromatic carbocycles. The van der Waals surface area contributed by atoms with Crippen molar-refractivity contribution in [1.82, 2.24) is 5.43 Å². The number of halogens is 1. The van der Waals surface area contributed by atoms with E-state index in [0.29, 0.717) is 17.0 Å². The maximum atomic E-state index is 12.9. The van der Waals surface area contributed by atoms with Crippen LogP contribution in [0.4, 0.5) is 10.1 Å². The molecule has 0 aliphatic rings. The van der Waals surface area contributed by atoms with Crippen molar-refractivity contribution in [3.63, 3.8) is 0 Å². The van der Waals surface area contributed by atoms with Crippen LogP contribution >= 0.6 is 0 Å². The van der Waals surface area contributed by atoms with Crippen LogP contribution in [0.25, 0.3) is 0 Å². The van der Waals surface area contributed by atoms with Gasteiger partial charge in [-0.3, -0.25) is 9.10 Å². The number of nitrogens with zero attached hydrogens (tertiary/aromatic N) is 2. The first-order valence-electron chi connectivity index (χ1n) is 7.80. The van der Waals surface area contributed by atoms with Gasteiger partial charge < -0.3 is 0 Å². The third kappa shape index (κ3) is 5.38. The SMILES string of the molecule is C/C(=N/NC(=O)CN(c1ccc(C)cc1)S(C)(=O)=O)c1ccc(F)cc1. The summed E-state index contributed by atoms with van der Waals surface area (Å²) in [5, 5.41) is 3.94. The van der Waals surface area contributed by atoms with Crippen molar-refractivity contribution in [1.29, 1.82) is 0 Å². The van der Waals surface area contributed by atoms with E-state index < -0.39 is 22.5 Å². The van der Waals surface area contributed by atoms with Crippen LogP contribution in [-0.4, -0.2) is 32.8 Å². The summed E-state index contributed by atoms with van der Waals surface area (Å²) >= 11 is 0. The number of benzene rings is 2. The lowest BCUT2D eigenvalue weighted by Crippen LogP contribution is -2.39. The van der Waals surface area contributed by atoms with E-state index in [1.54, 1.807) is 31.2 Å². The number of rotatable bonds is 6. The number of sulfonamides is 1. The molecule has 2 rings (SSSR count). The van der Waals surface area contributed by atoms with E-state index in [-0.39, 0.29) is 5.82 Å². The standard InChI is InChI=1S/C18H20FN3O3S/c1-13-4-10-17(11-5-13)22(26(3,24)25)12-18(23)21-20-14(2)15-6-8-16(19)9-7-15/h4-11H,12H2,1-3H3,(H,21,23)/b20-14-. The Hall–Kier alpha value is -2.74. The Kier molecular flexibility index (Phi) is 6.10. The molecule has 0 heterocycles. The van der Waals surface area contributed by atoms with E-state index >= 15 is 0 Å². The first-order valence-corrected chi connectivity index (χ1v) is 9.65. The van der Waals surface area contributed by atoms with Crippen molar-refractivity contribution in [3.8, 4) is 0 Å². The Bertz CT molecular complexity index is 908. The largest absolute Gasteiger partial charge is 0.271 e. The number of aryl methyl sites for hydroxylation is 1. The van der Waals surface area contributed by atoms with E-state index in [0.717, 1.165) is 16.1 Å². The molecule has 0 fully saturated rings. The fraction of sp³-hybridized carbons (Fsp3) is 0.222. The quantitative estimate of drug-likeness (QED) is 0.620. The molecule has 8 heteroatoms. The van der Waals surface area contributed by atoms with Crippen LogP contribution in [0.5, 0.6) is 0 Å². The van der Waals surface area contributed by atoms with Crippen molar-refractivity contribution in [2.75, 3.05) is 17.1 Å². The highest BCUT2D eigenvalue weighted by Crippen LogP contribution is 2.17. The fourth-order valence-electron chi connectivity index (χ4n) is 2.18. The maximum Gasteiger partial charge on any atom is 0.260 e. The Morgan fingerprint density at radius 3 is 2.23 bits per heavy atom. The minimum Gasteiger partial charge on any atom is -0.271 e. The molecular weight excluding hydrogens is 357 g/mol. The highest BCUT2D eigenvalue weighted by Gasteiger charge is 2.20. The van der Waals surface area contributed by atoms with E-state index in [2.05, 4.69) is 10.5 Å². The minimum absolute atomic E-state index is 0.368. The van der Waals surface area contributed by atoms with Gasteiger partial charge in [-0.25, -0.2) is 18.2 Å². The lowest BCUT2D eigenvalue weighted by atomic mass is 10.1. The fourth-order valence-corrected chi connectivity index (χ4v) is 3.04. The predicted molar refractivity (Wildman–Crippen MR) is 100 cm³/mol. The summed E-state index contributed by atoms with van der Waals surface area (Å²) in [7, 11) is -3.64. The van der Waals surface area contributed by atoms with Crippen LogP contribution in [0.15, 0.2) is 53.6 Å². The minimum atomic E-state index is -3.64. The first-order chi connectivity index (χ1) is 12.2. The summed E-state index contributed by atoms with van der Waals surface area (Å²) < 4.78 is 38.0. The number of hydrazone groups is 1. The second-order valence-electron chi connectivity index (χ2n) is 5.84. The van der Waals surface area contributed by atoms with Crippen LogP contribution in [0.3, 0.4) is 0 Å². The number of carbonyl (C=O) groups excluding carboxylic acids is 1. The van der Waals surface area contributed by atoms with Gasteiger partial charge >= 0.3 is 0 Å². The average Bonchev–Trinajstić information content (AvgIpc) is 2.58. The van der Waals surface area contributed by atoms with Crippen molar-refractivity contribution in [2.45, 2.75) is 13.8 Å². The maximum absolute atomic E-state index is 12.9. The van der Waals surface area contributed by atoms with E-state index in [1.807, 2.05) is 6.92 Å². The van der Waals surface area contributed by atoms with Gasteiger partial charge in [0, 0.05) is 0 Å². The molecule has 26 heavy (non-hydrogen) atoms. The molecule has 0 spiro atoms. The Labute approximate surface area is 152 Å². The zero-order chi connectivity index (χ0) is 19.3. The molecule has 6 nitrogen and oxygen atoms in total. The highest BCUT2D eigenvalue weighted by molar-refractivity contribution is 7.92. The number of hydrogen-bond donors (Lipinski definition) is 1. The zero-order valence-electron chi connectivity index (χ0n) is 14.7. The number of hydrogen-bond acceptors (Lipinski definition) is 4. The summed E-state index contributed by atoms with van der Waals surface area (Å²) in [5.41, 5.74) is 4.82. The summed E-state index contributed by atoms with van der Waals surface area (Å²) in [4.78, 5) is 12.1. The van der Waals surface area contributed by atoms with Gasteiger partial charge in [0.2, 0.25) is 10.0 Å². The van der Waals surface area contributed by atoms with Crippen LogP contribution < -0.4 is 9.73 Å². The summed E-state index contributed by atoms with van der Waals surface area (Å²) in [5.74, 6) is -0.954. The van der Waals surface area contributed by atoms with E-state index in [4.69, 9.17) is 0 Å². The molecule has 1 amide bonds. The Morgan fingerprint density at radius 1 is 1.12 bits per heavy atom. The van der Waals surface area contributed by atoms with Crippen LogP contribution in [-0.2, 0) is 14.8 Å². The topological polar surface area (TPSA) is 78.8 Å². The molecule has 0 aliphatic heterocycles. The van der Waals surface area contributed by atoms with Crippen LogP contribution in [0.1, 0.15) is 18.1 Å². The van der Waals surface area contributed by atoms with Crippen molar-refractivity contribution in [3.05, 3.63) is 65.5 Å². The lowest BCUT2D eigenvalue weighted by molar-refractivity contribution is -0.119. The van der Waals surface area contributed by atoms with Gasteiger partial charge in [-0.1, -0.05) is 29.8 Å². The molecule has 0 aliphatic carbocycles. The van der Waals surface area contributed by atoms with Gasteiger partial charge in [-0.05, 0) is 43.7 Å². The van der Waals surface area contributed by atoms with Gasteiger partial charge in [-0.2, -0.15) is 5.10 Å². The summed E-state index contributed by atoms with van der Waals surface area (Å²) in [6.45, 7) is 3.14. The van der Waals surface area contributed by atoms with Gasteiger partial charge in [0.25, 0.3) is 5.91 Å². The van der Waals surface area contributed by atoms with Gasteiger partial charge in [0.05, 0.1) is 17.7 Å². The molecule has 1 N–H and O–H groups in total. The smallest absolute Gasteiger partial charge is 0.260 e. The third-order valence-corrected chi connectivity index (χ3v) is 4.76. The molecule has 0 atom stereocenters. The molecule has 138 valence electrons. The van der Waals surface area contributed by atoms with Gasteiger partial charge in [-0.15, -0.1) is 0 Å². The van der Waals surface area contributed by atoms with Crippen molar-refractivity contribution < 1.29 is 17.6 Å². The number of amides is 1. The summed E-state index contributed by atoms with van der Waals surface area (Å²) in [6, 6.07) is 12.5. The second kappa shape index (κ2) is 8.09. The Morgan fingerprint density at radius 2 is 1.69 bits per heavy atom. The molecule has 0 aromatic heterocycles. The highest BCUT2D eigenvalue weighted by atomic mass is 32.2. The molecular formula is C18H20FN3O3S. The number of carbonyl (C=O) groups is 1. The lowest BCUT2D eigenvalue weighted by Gasteiger charge is -2.21. The molecule has 0 saturated heterocycles. The van der Waals surface area contributed by atoms with Crippen LogP contribution in [0, 0.1) is 12.7 Å². The monoisotopic (exact) mass is 377 g/mol. The molecule has 0 saturated carbocycles. The van der Waals surface area contributed by atoms with Crippen molar-refractivity contribution in [2.24, 2.45) is 5.10 Å². The molecule has 0 unspecified atom stereocenters. The van der Waals surface area contributed by atoms with Gasteiger partial charge in [0.15, 0.2) is 0 Å². The second-order valence-corrected chi connectivity index (χ2v) is 7.75. The molecule has 0 radical (unpaired) electrons. The zero-order valence-corrected chi connectivity index (χ0v) is 15.5.